The Bertz CT molecular complexity index is 1290. The average molecular weight is 364 g/mol. The van der Waals surface area contributed by atoms with Crippen LogP contribution in [0.15, 0.2) is 60.9 Å². The summed E-state index contributed by atoms with van der Waals surface area (Å²) in [5.74, 6) is 0.409. The zero-order chi connectivity index (χ0) is 18.6. The van der Waals surface area contributed by atoms with Crippen molar-refractivity contribution in [2.75, 3.05) is 0 Å². The quantitative estimate of drug-likeness (QED) is 0.408. The van der Waals surface area contributed by atoms with E-state index < -0.39 is 11.7 Å². The third kappa shape index (κ3) is 2.43. The number of hydrogen-bond donors (Lipinski definition) is 1. The van der Waals surface area contributed by atoms with Crippen molar-refractivity contribution in [3.63, 3.8) is 0 Å². The predicted octanol–water partition coefficient (Wildman–Crippen LogP) is 5.35. The lowest BCUT2D eigenvalue weighted by molar-refractivity contribution is -0.135. The van der Waals surface area contributed by atoms with E-state index in [4.69, 9.17) is 0 Å². The standard InChI is InChI=1S/C20H11F3N4/c21-20(22,23)16-12-6-2-1-5-11(12)9-13-17(16)24-10-25-18(13)19-26-14-7-3-4-8-15(14)27-19/h1-10H,(H,26,27). The van der Waals surface area contributed by atoms with Crippen LogP contribution in [0.4, 0.5) is 13.2 Å². The maximum atomic E-state index is 13.9. The summed E-state index contributed by atoms with van der Waals surface area (Å²) >= 11 is 0. The number of H-pyrrole nitrogens is 1. The van der Waals surface area contributed by atoms with Crippen molar-refractivity contribution < 1.29 is 13.2 Å². The van der Waals surface area contributed by atoms with Crippen LogP contribution in [0.1, 0.15) is 5.56 Å². The van der Waals surface area contributed by atoms with Crippen LogP contribution in [0.3, 0.4) is 0 Å². The molecule has 0 spiro atoms. The molecule has 0 radical (unpaired) electrons. The molecule has 0 fully saturated rings. The van der Waals surface area contributed by atoms with E-state index in [1.807, 2.05) is 24.3 Å². The second kappa shape index (κ2) is 5.51. The van der Waals surface area contributed by atoms with Crippen molar-refractivity contribution >= 4 is 32.7 Å². The third-order valence-electron chi connectivity index (χ3n) is 4.55. The number of nitrogens with one attached hydrogen (secondary N) is 1. The van der Waals surface area contributed by atoms with Crippen molar-refractivity contribution in [1.29, 1.82) is 0 Å². The molecule has 7 heteroatoms. The second-order valence-corrected chi connectivity index (χ2v) is 6.19. The summed E-state index contributed by atoms with van der Waals surface area (Å²) in [7, 11) is 0. The SMILES string of the molecule is FC(F)(F)c1c2ccccc2cc2c(-c3nc4ccccc4[nH]3)ncnc12. The largest absolute Gasteiger partial charge is 0.419 e. The lowest BCUT2D eigenvalue weighted by Gasteiger charge is -2.14. The molecule has 0 atom stereocenters. The molecular formula is C20H11F3N4. The Morgan fingerprint density at radius 1 is 0.852 bits per heavy atom. The summed E-state index contributed by atoms with van der Waals surface area (Å²) in [5, 5.41) is 0.902. The van der Waals surface area contributed by atoms with Crippen molar-refractivity contribution in [2.24, 2.45) is 0 Å². The van der Waals surface area contributed by atoms with Gasteiger partial charge in [-0.3, -0.25) is 0 Å². The van der Waals surface area contributed by atoms with Gasteiger partial charge in [0.05, 0.1) is 22.1 Å². The van der Waals surface area contributed by atoms with E-state index in [2.05, 4.69) is 19.9 Å². The van der Waals surface area contributed by atoms with Crippen LogP contribution in [0.2, 0.25) is 0 Å². The molecule has 1 N–H and O–H groups in total. The number of nitrogens with zero attached hydrogens (tertiary/aromatic N) is 3. The number of halogens is 3. The summed E-state index contributed by atoms with van der Waals surface area (Å²) in [5.41, 5.74) is 0.960. The first-order valence-corrected chi connectivity index (χ1v) is 8.21. The maximum Gasteiger partial charge on any atom is 0.419 e. The van der Waals surface area contributed by atoms with Crippen LogP contribution in [0, 0.1) is 0 Å². The summed E-state index contributed by atoms with van der Waals surface area (Å²) in [6.07, 6.45) is -3.40. The number of aromatic amines is 1. The highest BCUT2D eigenvalue weighted by atomic mass is 19.4. The Kier molecular flexibility index (Phi) is 3.21. The lowest BCUT2D eigenvalue weighted by atomic mass is 9.99. The van der Waals surface area contributed by atoms with E-state index in [0.717, 1.165) is 17.4 Å². The summed E-state index contributed by atoms with van der Waals surface area (Å²) in [4.78, 5) is 15.8. The van der Waals surface area contributed by atoms with E-state index in [1.54, 1.807) is 24.3 Å². The molecular weight excluding hydrogens is 353 g/mol. The Morgan fingerprint density at radius 2 is 1.63 bits per heavy atom. The lowest BCUT2D eigenvalue weighted by Crippen LogP contribution is -2.08. The van der Waals surface area contributed by atoms with Gasteiger partial charge in [0.25, 0.3) is 0 Å². The maximum absolute atomic E-state index is 13.9. The van der Waals surface area contributed by atoms with Crippen LogP contribution >= 0.6 is 0 Å². The minimum Gasteiger partial charge on any atom is -0.337 e. The van der Waals surface area contributed by atoms with Crippen LogP contribution in [0.5, 0.6) is 0 Å². The van der Waals surface area contributed by atoms with Gasteiger partial charge in [-0.15, -0.1) is 0 Å². The van der Waals surface area contributed by atoms with Crippen LogP contribution < -0.4 is 0 Å². The van der Waals surface area contributed by atoms with Crippen molar-refractivity contribution in [2.45, 2.75) is 6.18 Å². The fraction of sp³-hybridized carbons (Fsp3) is 0.0500. The smallest absolute Gasteiger partial charge is 0.337 e. The minimum absolute atomic E-state index is 0.117. The molecule has 132 valence electrons. The molecule has 4 nitrogen and oxygen atoms in total. The number of fused-ring (bicyclic) bond motifs is 3. The first-order chi connectivity index (χ1) is 13.0. The monoisotopic (exact) mass is 364 g/mol. The number of imidazole rings is 1. The van der Waals surface area contributed by atoms with Gasteiger partial charge in [-0.05, 0) is 29.0 Å². The van der Waals surface area contributed by atoms with Crippen LogP contribution in [0.25, 0.3) is 44.2 Å². The average Bonchev–Trinajstić information content (AvgIpc) is 3.08. The highest BCUT2D eigenvalue weighted by Gasteiger charge is 2.36. The molecule has 2 heterocycles. The van der Waals surface area contributed by atoms with Crippen molar-refractivity contribution in [3.05, 3.63) is 66.5 Å². The minimum atomic E-state index is -4.54. The topological polar surface area (TPSA) is 54.5 Å². The molecule has 0 saturated heterocycles. The number of rotatable bonds is 1. The number of benzene rings is 3. The molecule has 3 aromatic carbocycles. The van der Waals surface area contributed by atoms with Crippen molar-refractivity contribution in [1.82, 2.24) is 19.9 Å². The van der Waals surface area contributed by atoms with E-state index in [-0.39, 0.29) is 10.9 Å². The Balaban J connectivity index is 1.91. The molecule has 2 aromatic heterocycles. The van der Waals surface area contributed by atoms with Gasteiger partial charge >= 0.3 is 6.18 Å². The molecule has 0 saturated carbocycles. The van der Waals surface area contributed by atoms with Gasteiger partial charge in [-0.2, -0.15) is 13.2 Å². The highest BCUT2D eigenvalue weighted by molar-refractivity contribution is 6.05. The Labute approximate surface area is 150 Å². The van der Waals surface area contributed by atoms with Gasteiger partial charge in [0.15, 0.2) is 5.82 Å². The zero-order valence-corrected chi connectivity index (χ0v) is 13.7. The van der Waals surface area contributed by atoms with E-state index in [0.29, 0.717) is 22.3 Å². The van der Waals surface area contributed by atoms with E-state index >= 15 is 0 Å². The molecule has 0 aliphatic carbocycles. The van der Waals surface area contributed by atoms with Crippen molar-refractivity contribution in [3.8, 4) is 11.5 Å². The summed E-state index contributed by atoms with van der Waals surface area (Å²) in [6, 6.07) is 15.5. The molecule has 0 unspecified atom stereocenters. The molecule has 0 aliphatic heterocycles. The Hall–Kier alpha value is -3.48. The summed E-state index contributed by atoms with van der Waals surface area (Å²) in [6.45, 7) is 0. The first-order valence-electron chi connectivity index (χ1n) is 8.21. The van der Waals surface area contributed by atoms with Gasteiger partial charge in [0.2, 0.25) is 0 Å². The van der Waals surface area contributed by atoms with Gasteiger partial charge in [0.1, 0.15) is 12.0 Å². The molecule has 27 heavy (non-hydrogen) atoms. The predicted molar refractivity (Wildman–Crippen MR) is 97.1 cm³/mol. The number of alkyl halides is 3. The highest BCUT2D eigenvalue weighted by Crippen LogP contribution is 2.41. The third-order valence-corrected chi connectivity index (χ3v) is 4.55. The normalized spacial score (nSPS) is 12.3. The fourth-order valence-corrected chi connectivity index (χ4v) is 3.41. The molecule has 5 aromatic rings. The van der Waals surface area contributed by atoms with Gasteiger partial charge < -0.3 is 4.98 Å². The van der Waals surface area contributed by atoms with Crippen LogP contribution in [-0.2, 0) is 6.18 Å². The van der Waals surface area contributed by atoms with E-state index in [1.165, 1.54) is 6.07 Å². The first kappa shape index (κ1) is 15.7. The number of para-hydroxylation sites is 2. The Morgan fingerprint density at radius 3 is 2.44 bits per heavy atom. The van der Waals surface area contributed by atoms with Gasteiger partial charge in [0, 0.05) is 5.39 Å². The number of aromatic nitrogens is 4. The molecule has 0 aliphatic rings. The van der Waals surface area contributed by atoms with Crippen LogP contribution in [-0.4, -0.2) is 19.9 Å². The fourth-order valence-electron chi connectivity index (χ4n) is 3.41. The van der Waals surface area contributed by atoms with E-state index in [9.17, 15) is 13.2 Å². The van der Waals surface area contributed by atoms with Gasteiger partial charge in [-0.25, -0.2) is 15.0 Å². The molecule has 5 rings (SSSR count). The van der Waals surface area contributed by atoms with Gasteiger partial charge in [-0.1, -0.05) is 36.4 Å². The summed E-state index contributed by atoms with van der Waals surface area (Å²) < 4.78 is 41.6. The zero-order valence-electron chi connectivity index (χ0n) is 13.7. The second-order valence-electron chi connectivity index (χ2n) is 6.19. The molecule has 0 amide bonds. The number of hydrogen-bond acceptors (Lipinski definition) is 3. The molecule has 0 bridgehead atoms.